The van der Waals surface area contributed by atoms with Gasteiger partial charge in [0.05, 0.1) is 19.3 Å². The van der Waals surface area contributed by atoms with Crippen molar-refractivity contribution in [2.24, 2.45) is 0 Å². The van der Waals surface area contributed by atoms with E-state index < -0.39 is 8.32 Å². The van der Waals surface area contributed by atoms with E-state index in [0.29, 0.717) is 32.2 Å². The van der Waals surface area contributed by atoms with E-state index in [2.05, 4.69) is 105 Å². The number of halogens is 1. The highest BCUT2D eigenvalue weighted by molar-refractivity contribution is 6.99. The molecule has 6 heteroatoms. The number of alkyl halides is 1. The second-order valence-corrected chi connectivity index (χ2v) is 15.8. The van der Waals surface area contributed by atoms with E-state index in [9.17, 15) is 4.79 Å². The number of allylic oxidation sites excluding steroid dienone is 1. The molecular weight excluding hydrogens is 546 g/mol. The summed E-state index contributed by atoms with van der Waals surface area (Å²) in [6, 6.07) is 31.4. The molecule has 3 rings (SSSR count). The Morgan fingerprint density at radius 2 is 1.46 bits per heavy atom. The Morgan fingerprint density at radius 3 is 1.95 bits per heavy atom. The minimum Gasteiger partial charge on any atom is -0.463 e. The zero-order valence-electron chi connectivity index (χ0n) is 25.1. The Bertz CT molecular complexity index is 1220. The highest BCUT2D eigenvalue weighted by atomic mass is 35.5. The smallest absolute Gasteiger partial charge is 0.330 e. The predicted molar refractivity (Wildman–Crippen MR) is 174 cm³/mol. The van der Waals surface area contributed by atoms with Gasteiger partial charge in [0.15, 0.2) is 0 Å². The maximum atomic E-state index is 12.5. The zero-order chi connectivity index (χ0) is 29.7. The fourth-order valence-electron chi connectivity index (χ4n) is 5.10. The summed E-state index contributed by atoms with van der Waals surface area (Å²) >= 11 is 6.14. The summed E-state index contributed by atoms with van der Waals surface area (Å²) < 4.78 is 12.6. The molecule has 0 saturated heterocycles. The van der Waals surface area contributed by atoms with Crippen molar-refractivity contribution in [3.8, 4) is 0 Å². The Hall–Kier alpha value is -2.96. The number of hydrogen-bond donors (Lipinski definition) is 0. The molecule has 0 amide bonds. The molecule has 3 aromatic rings. The number of rotatable bonds is 14. The van der Waals surface area contributed by atoms with E-state index in [4.69, 9.17) is 20.8 Å². The molecule has 0 aliphatic rings. The van der Waals surface area contributed by atoms with E-state index in [-0.39, 0.29) is 17.0 Å². The average molecular weight is 590 g/mol. The fraction of sp³-hybridized carbons (Fsp3) is 0.343. The first-order chi connectivity index (χ1) is 19.7. The van der Waals surface area contributed by atoms with Crippen LogP contribution in [0, 0.1) is 0 Å². The molecule has 0 aliphatic heterocycles. The first-order valence-corrected chi connectivity index (χ1v) is 16.7. The van der Waals surface area contributed by atoms with Gasteiger partial charge >= 0.3 is 5.97 Å². The summed E-state index contributed by atoms with van der Waals surface area (Å²) in [5, 5.41) is 2.28. The molecule has 0 aromatic heterocycles. The summed E-state index contributed by atoms with van der Waals surface area (Å²) in [4.78, 5) is 14.8. The van der Waals surface area contributed by atoms with Crippen molar-refractivity contribution in [3.63, 3.8) is 0 Å². The van der Waals surface area contributed by atoms with Gasteiger partial charge in [0, 0.05) is 25.0 Å². The monoisotopic (exact) mass is 589 g/mol. The van der Waals surface area contributed by atoms with Crippen LogP contribution < -0.4 is 10.4 Å². The van der Waals surface area contributed by atoms with Crippen LogP contribution in [-0.2, 0) is 20.5 Å². The van der Waals surface area contributed by atoms with E-state index >= 15 is 0 Å². The Morgan fingerprint density at radius 1 is 0.927 bits per heavy atom. The maximum Gasteiger partial charge on any atom is 0.330 e. The van der Waals surface area contributed by atoms with Crippen molar-refractivity contribution in [1.29, 1.82) is 0 Å². The fourth-order valence-corrected chi connectivity index (χ4v) is 9.78. The van der Waals surface area contributed by atoms with Gasteiger partial charge in [-0.1, -0.05) is 129 Å². The van der Waals surface area contributed by atoms with Gasteiger partial charge in [-0.05, 0) is 34.8 Å². The van der Waals surface area contributed by atoms with Crippen LogP contribution in [0.4, 0.5) is 0 Å². The number of hydrogen-bond acceptors (Lipinski definition) is 4. The largest absolute Gasteiger partial charge is 0.463 e. The lowest BCUT2D eigenvalue weighted by Crippen LogP contribution is -2.67. The van der Waals surface area contributed by atoms with Crippen LogP contribution in [0.15, 0.2) is 115 Å². The normalized spacial score (nSPS) is 13.5. The van der Waals surface area contributed by atoms with Gasteiger partial charge in [0.2, 0.25) is 0 Å². The van der Waals surface area contributed by atoms with Crippen LogP contribution in [0.25, 0.3) is 0 Å². The van der Waals surface area contributed by atoms with E-state index in [1.165, 1.54) is 15.9 Å². The molecule has 4 nitrogen and oxygen atoms in total. The standard InChI is InChI=1S/C35H44ClNO3Si/c1-6-39-34(38)23-22-31(37(25-24-29(2)26-36)27-30-16-10-7-11-17-30)28-40-41(35(3,4)5,32-18-12-8-13-19-32)33-20-14-9-15-21-33/h7-24,31H,6,25-28H2,1-5H3/b23-22+,29-24+/t31-/m0/s1. The van der Waals surface area contributed by atoms with Crippen LogP contribution >= 0.6 is 11.6 Å². The van der Waals surface area contributed by atoms with Gasteiger partial charge in [-0.15, -0.1) is 11.6 Å². The molecule has 0 bridgehead atoms. The summed E-state index contributed by atoms with van der Waals surface area (Å²) in [7, 11) is -2.79. The minimum atomic E-state index is -2.79. The Balaban J connectivity index is 2.10. The van der Waals surface area contributed by atoms with E-state index in [1.807, 2.05) is 38.1 Å². The molecule has 0 spiro atoms. The summed E-state index contributed by atoms with van der Waals surface area (Å²) in [5.74, 6) is 0.122. The number of ether oxygens (including phenoxy) is 1. The molecule has 218 valence electrons. The molecule has 0 aliphatic carbocycles. The van der Waals surface area contributed by atoms with Gasteiger partial charge in [-0.2, -0.15) is 0 Å². The van der Waals surface area contributed by atoms with Crippen LogP contribution in [0.2, 0.25) is 5.04 Å². The Kier molecular flexibility index (Phi) is 12.6. The zero-order valence-corrected chi connectivity index (χ0v) is 26.8. The van der Waals surface area contributed by atoms with Crippen molar-refractivity contribution in [3.05, 3.63) is 120 Å². The third kappa shape index (κ3) is 9.01. The van der Waals surface area contributed by atoms with Crippen molar-refractivity contribution < 1.29 is 14.0 Å². The number of nitrogens with zero attached hydrogens (tertiary/aromatic N) is 1. The quantitative estimate of drug-likeness (QED) is 0.0686. The molecule has 3 aromatic carbocycles. The van der Waals surface area contributed by atoms with E-state index in [0.717, 1.165) is 5.57 Å². The van der Waals surface area contributed by atoms with E-state index in [1.54, 1.807) is 6.08 Å². The predicted octanol–water partition coefficient (Wildman–Crippen LogP) is 6.74. The molecule has 41 heavy (non-hydrogen) atoms. The molecule has 1 atom stereocenters. The maximum absolute atomic E-state index is 12.5. The molecular formula is C35H44ClNO3Si. The first-order valence-electron chi connectivity index (χ1n) is 14.3. The molecule has 0 fully saturated rings. The topological polar surface area (TPSA) is 38.8 Å². The second kappa shape index (κ2) is 15.9. The molecule has 0 unspecified atom stereocenters. The number of esters is 1. The number of carbonyl (C=O) groups excluding carboxylic acids is 1. The highest BCUT2D eigenvalue weighted by Gasteiger charge is 2.50. The summed E-state index contributed by atoms with van der Waals surface area (Å²) in [5.41, 5.74) is 2.29. The second-order valence-electron chi connectivity index (χ2n) is 11.3. The number of carbonyl (C=O) groups is 1. The third-order valence-corrected chi connectivity index (χ3v) is 12.6. The summed E-state index contributed by atoms with van der Waals surface area (Å²) in [6.07, 6.45) is 5.63. The van der Waals surface area contributed by atoms with Crippen LogP contribution in [0.5, 0.6) is 0 Å². The minimum absolute atomic E-state index is 0.162. The Labute approximate surface area is 252 Å². The SMILES string of the molecule is CCOC(=O)/C=C/[C@@H](CO[Si](c1ccccc1)(c1ccccc1)C(C)(C)C)N(C/C=C(\C)CCl)Cc1ccccc1. The summed E-state index contributed by atoms with van der Waals surface area (Å²) in [6.45, 7) is 12.8. The van der Waals surface area contributed by atoms with Gasteiger partial charge in [-0.3, -0.25) is 4.90 Å². The van der Waals surface area contributed by atoms with Gasteiger partial charge in [0.1, 0.15) is 0 Å². The molecule has 0 saturated carbocycles. The lowest BCUT2D eigenvalue weighted by molar-refractivity contribution is -0.137. The van der Waals surface area contributed by atoms with Crippen molar-refractivity contribution in [2.75, 3.05) is 25.6 Å². The lowest BCUT2D eigenvalue weighted by atomic mass is 10.1. The number of benzene rings is 3. The molecule has 0 radical (unpaired) electrons. The van der Waals surface area contributed by atoms with Crippen LogP contribution in [0.1, 0.15) is 40.2 Å². The van der Waals surface area contributed by atoms with Crippen molar-refractivity contribution in [1.82, 2.24) is 4.90 Å². The van der Waals surface area contributed by atoms with Crippen molar-refractivity contribution in [2.45, 2.75) is 52.2 Å². The first kappa shape index (κ1) is 32.6. The van der Waals surface area contributed by atoms with Gasteiger partial charge in [0.25, 0.3) is 8.32 Å². The molecule has 0 N–H and O–H groups in total. The molecule has 0 heterocycles. The van der Waals surface area contributed by atoms with Crippen LogP contribution in [0.3, 0.4) is 0 Å². The average Bonchev–Trinajstić information content (AvgIpc) is 2.98. The lowest BCUT2D eigenvalue weighted by Gasteiger charge is -2.44. The highest BCUT2D eigenvalue weighted by Crippen LogP contribution is 2.37. The van der Waals surface area contributed by atoms with Gasteiger partial charge < -0.3 is 9.16 Å². The van der Waals surface area contributed by atoms with Crippen molar-refractivity contribution >= 4 is 36.3 Å². The van der Waals surface area contributed by atoms with Crippen LogP contribution in [-0.4, -0.2) is 50.9 Å². The van der Waals surface area contributed by atoms with Gasteiger partial charge in [-0.25, -0.2) is 4.79 Å². The third-order valence-electron chi connectivity index (χ3n) is 7.21.